The molecule has 3 rings (SSSR count). The van der Waals surface area contributed by atoms with E-state index in [9.17, 15) is 19.5 Å². The average molecular weight is 344 g/mol. The smallest absolute Gasteiger partial charge is 0.353 e. The van der Waals surface area contributed by atoms with E-state index in [1.807, 2.05) is 0 Å². The number of hydrogen-bond acceptors (Lipinski definition) is 6. The van der Waals surface area contributed by atoms with Crippen molar-refractivity contribution in [1.82, 2.24) is 0 Å². The highest BCUT2D eigenvalue weighted by Gasteiger charge is 2.23. The predicted octanol–water partition coefficient (Wildman–Crippen LogP) is 2.22. The van der Waals surface area contributed by atoms with Gasteiger partial charge in [-0.15, -0.1) is 11.3 Å². The zero-order chi connectivity index (χ0) is 17.4. The molecule has 0 aliphatic heterocycles. The second-order valence-corrected chi connectivity index (χ2v) is 6.28. The first-order chi connectivity index (χ1) is 11.4. The van der Waals surface area contributed by atoms with Gasteiger partial charge in [-0.25, -0.2) is 4.79 Å². The molecule has 2 aromatic heterocycles. The van der Waals surface area contributed by atoms with Gasteiger partial charge in [0.15, 0.2) is 5.56 Å². The van der Waals surface area contributed by atoms with Crippen molar-refractivity contribution in [2.24, 2.45) is 5.73 Å². The van der Waals surface area contributed by atoms with Gasteiger partial charge in [-0.05, 0) is 25.1 Å². The van der Waals surface area contributed by atoms with E-state index in [1.54, 1.807) is 19.1 Å². The number of anilines is 1. The number of thiophene rings is 1. The Balaban J connectivity index is 2.07. The molecular formula is C16H12N2O5S. The third kappa shape index (κ3) is 2.63. The van der Waals surface area contributed by atoms with Crippen LogP contribution in [0.5, 0.6) is 5.75 Å². The maximum Gasteiger partial charge on any atom is 0.353 e. The van der Waals surface area contributed by atoms with Gasteiger partial charge in [-0.2, -0.15) is 0 Å². The summed E-state index contributed by atoms with van der Waals surface area (Å²) in [5.41, 5.74) is 4.06. The van der Waals surface area contributed by atoms with E-state index in [4.69, 9.17) is 10.2 Å². The summed E-state index contributed by atoms with van der Waals surface area (Å²) < 4.78 is 5.05. The molecule has 122 valence electrons. The number of benzene rings is 1. The standard InChI is InChI=1S/C16H12N2O5S/c1-7-6-9(13(17)20)15(24-7)18-14(21)11-12(19)8-4-2-3-5-10(8)23-16(11)22/h2-6,19H,1H3,(H2,17,20)(H,18,21). The molecule has 3 aromatic rings. The number of carbonyl (C=O) groups is 2. The van der Waals surface area contributed by atoms with Crippen LogP contribution in [-0.2, 0) is 0 Å². The fourth-order valence-corrected chi connectivity index (χ4v) is 3.20. The number of primary amides is 1. The molecule has 7 nitrogen and oxygen atoms in total. The van der Waals surface area contributed by atoms with E-state index in [1.165, 1.54) is 18.2 Å². The molecule has 0 saturated carbocycles. The Morgan fingerprint density at radius 1 is 1.29 bits per heavy atom. The van der Waals surface area contributed by atoms with Crippen LogP contribution in [0.25, 0.3) is 11.0 Å². The molecule has 0 bridgehead atoms. The number of rotatable bonds is 3. The van der Waals surface area contributed by atoms with Gasteiger partial charge in [0.1, 0.15) is 16.3 Å². The summed E-state index contributed by atoms with van der Waals surface area (Å²) in [7, 11) is 0. The summed E-state index contributed by atoms with van der Waals surface area (Å²) in [6.45, 7) is 1.74. The van der Waals surface area contributed by atoms with E-state index < -0.39 is 28.8 Å². The first-order valence-electron chi connectivity index (χ1n) is 6.85. The Kier molecular flexibility index (Phi) is 3.82. The molecule has 0 atom stereocenters. The Labute approximate surface area is 139 Å². The minimum atomic E-state index is -0.974. The van der Waals surface area contributed by atoms with Gasteiger partial charge >= 0.3 is 5.63 Å². The highest BCUT2D eigenvalue weighted by molar-refractivity contribution is 7.16. The molecule has 0 aliphatic rings. The third-order valence-electron chi connectivity index (χ3n) is 3.36. The summed E-state index contributed by atoms with van der Waals surface area (Å²) in [4.78, 5) is 36.6. The summed E-state index contributed by atoms with van der Waals surface area (Å²) in [6.07, 6.45) is 0. The summed E-state index contributed by atoms with van der Waals surface area (Å²) in [5, 5.41) is 13.1. The summed E-state index contributed by atoms with van der Waals surface area (Å²) in [6, 6.07) is 7.83. The maximum absolute atomic E-state index is 12.4. The first-order valence-corrected chi connectivity index (χ1v) is 7.66. The van der Waals surface area contributed by atoms with E-state index in [0.29, 0.717) is 0 Å². The topological polar surface area (TPSA) is 123 Å². The molecule has 24 heavy (non-hydrogen) atoms. The van der Waals surface area contributed by atoms with E-state index in [2.05, 4.69) is 5.32 Å². The molecule has 0 spiro atoms. The van der Waals surface area contributed by atoms with Crippen LogP contribution in [0.2, 0.25) is 0 Å². The Morgan fingerprint density at radius 3 is 2.71 bits per heavy atom. The van der Waals surface area contributed by atoms with Crippen LogP contribution >= 0.6 is 11.3 Å². The van der Waals surface area contributed by atoms with Crippen LogP contribution in [-0.4, -0.2) is 16.9 Å². The largest absolute Gasteiger partial charge is 0.506 e. The van der Waals surface area contributed by atoms with Gasteiger partial charge in [0.2, 0.25) is 0 Å². The van der Waals surface area contributed by atoms with Crippen molar-refractivity contribution in [1.29, 1.82) is 0 Å². The maximum atomic E-state index is 12.4. The second-order valence-electron chi connectivity index (χ2n) is 5.03. The molecule has 8 heteroatoms. The van der Waals surface area contributed by atoms with Gasteiger partial charge < -0.3 is 20.6 Å². The number of nitrogens with two attached hydrogens (primary N) is 1. The van der Waals surface area contributed by atoms with Crippen LogP contribution in [0.4, 0.5) is 5.00 Å². The molecule has 0 saturated heterocycles. The summed E-state index contributed by atoms with van der Waals surface area (Å²) in [5.74, 6) is -2.06. The fraction of sp³-hybridized carbons (Fsp3) is 0.0625. The molecule has 0 aliphatic carbocycles. The van der Waals surface area contributed by atoms with Gasteiger partial charge in [0.05, 0.1) is 10.9 Å². The van der Waals surface area contributed by atoms with Crippen molar-refractivity contribution >= 4 is 39.1 Å². The molecule has 2 amide bonds. The molecule has 1 aromatic carbocycles. The lowest BCUT2D eigenvalue weighted by Crippen LogP contribution is -2.22. The number of nitrogens with one attached hydrogen (secondary N) is 1. The monoisotopic (exact) mass is 344 g/mol. The average Bonchev–Trinajstić information content (AvgIpc) is 2.88. The van der Waals surface area contributed by atoms with Gasteiger partial charge in [0, 0.05) is 4.88 Å². The Bertz CT molecular complexity index is 1030. The van der Waals surface area contributed by atoms with Crippen LogP contribution < -0.4 is 16.7 Å². The zero-order valence-electron chi connectivity index (χ0n) is 12.5. The molecule has 4 N–H and O–H groups in total. The fourth-order valence-electron chi connectivity index (χ4n) is 2.29. The zero-order valence-corrected chi connectivity index (χ0v) is 13.3. The minimum Gasteiger partial charge on any atom is -0.506 e. The summed E-state index contributed by atoms with van der Waals surface area (Å²) >= 11 is 1.13. The molecule has 0 unspecified atom stereocenters. The number of carbonyl (C=O) groups excluding carboxylic acids is 2. The molecule has 2 heterocycles. The first kappa shape index (κ1) is 15.8. The highest BCUT2D eigenvalue weighted by atomic mass is 32.1. The number of aryl methyl sites for hydroxylation is 1. The quantitative estimate of drug-likeness (QED) is 0.629. The number of aromatic hydroxyl groups is 1. The van der Waals surface area contributed by atoms with E-state index in [-0.39, 0.29) is 21.5 Å². The minimum absolute atomic E-state index is 0.135. The van der Waals surface area contributed by atoms with Crippen LogP contribution in [0, 0.1) is 6.92 Å². The number of amides is 2. The van der Waals surface area contributed by atoms with Crippen molar-refractivity contribution in [2.75, 3.05) is 5.32 Å². The van der Waals surface area contributed by atoms with Crippen molar-refractivity contribution in [3.8, 4) is 5.75 Å². The Hall–Kier alpha value is -3.13. The SMILES string of the molecule is Cc1cc(C(N)=O)c(NC(=O)c2c(O)c3ccccc3oc2=O)s1. The van der Waals surface area contributed by atoms with Crippen molar-refractivity contribution < 1.29 is 19.1 Å². The van der Waals surface area contributed by atoms with Crippen molar-refractivity contribution in [3.05, 3.63) is 56.8 Å². The number of para-hydroxylation sites is 1. The highest BCUT2D eigenvalue weighted by Crippen LogP contribution is 2.30. The Morgan fingerprint density at radius 2 is 2.00 bits per heavy atom. The van der Waals surface area contributed by atoms with E-state index >= 15 is 0 Å². The van der Waals surface area contributed by atoms with Gasteiger partial charge in [0.25, 0.3) is 11.8 Å². The lowest BCUT2D eigenvalue weighted by molar-refractivity contribution is 0.100. The van der Waals surface area contributed by atoms with Crippen LogP contribution in [0.15, 0.2) is 39.5 Å². The lowest BCUT2D eigenvalue weighted by atomic mass is 10.1. The van der Waals surface area contributed by atoms with E-state index in [0.717, 1.165) is 16.2 Å². The number of hydrogen-bond donors (Lipinski definition) is 3. The normalized spacial score (nSPS) is 10.7. The van der Waals surface area contributed by atoms with Crippen molar-refractivity contribution in [3.63, 3.8) is 0 Å². The third-order valence-corrected chi connectivity index (χ3v) is 4.33. The van der Waals surface area contributed by atoms with Gasteiger partial charge in [-0.1, -0.05) is 12.1 Å². The van der Waals surface area contributed by atoms with Crippen LogP contribution in [0.1, 0.15) is 25.6 Å². The molecular weight excluding hydrogens is 332 g/mol. The molecule has 0 fully saturated rings. The van der Waals surface area contributed by atoms with Crippen LogP contribution in [0.3, 0.4) is 0 Å². The predicted molar refractivity (Wildman–Crippen MR) is 89.7 cm³/mol. The second kappa shape index (κ2) is 5.82. The molecule has 0 radical (unpaired) electrons. The number of fused-ring (bicyclic) bond motifs is 1. The lowest BCUT2D eigenvalue weighted by Gasteiger charge is -2.07. The van der Waals surface area contributed by atoms with Gasteiger partial charge in [-0.3, -0.25) is 9.59 Å². The van der Waals surface area contributed by atoms with Crippen molar-refractivity contribution in [2.45, 2.75) is 6.92 Å².